The molecule has 4 rings (SSSR count). The molecule has 3 unspecified atom stereocenters. The van der Waals surface area contributed by atoms with E-state index >= 15 is 0 Å². The third-order valence-electron chi connectivity index (χ3n) is 7.12. The summed E-state index contributed by atoms with van der Waals surface area (Å²) in [4.78, 5) is 30.1. The zero-order valence-corrected chi connectivity index (χ0v) is 22.3. The molecule has 3 atom stereocenters. The molecule has 230 valence electrons. The molecular weight excluding hydrogens is 605 g/mol. The van der Waals surface area contributed by atoms with Gasteiger partial charge in [0.2, 0.25) is 11.8 Å². The molecule has 7 nitrogen and oxygen atoms in total. The van der Waals surface area contributed by atoms with Crippen LogP contribution >= 0.6 is 10.2 Å². The summed E-state index contributed by atoms with van der Waals surface area (Å²) in [5, 5.41) is 11.9. The van der Waals surface area contributed by atoms with Crippen LogP contribution < -0.4 is 10.2 Å². The van der Waals surface area contributed by atoms with Crippen molar-refractivity contribution in [2.45, 2.75) is 67.2 Å². The third kappa shape index (κ3) is 6.85. The summed E-state index contributed by atoms with van der Waals surface area (Å²) in [5.41, 5.74) is -0.946. The smallest absolute Gasteiger partial charge is 0.310 e. The molecule has 1 aromatic heterocycles. The number of likely N-dealkylation sites (tertiary alicyclic amines) is 1. The van der Waals surface area contributed by atoms with Gasteiger partial charge < -0.3 is 5.32 Å². The monoisotopic (exact) mass is 629 g/mol. The van der Waals surface area contributed by atoms with Crippen LogP contribution in [0.4, 0.5) is 42.7 Å². The number of hydrogen-bond acceptors (Lipinski definition) is 5. The first-order chi connectivity index (χ1) is 19.3. The molecule has 2 aromatic rings. The number of benzene rings is 1. The van der Waals surface area contributed by atoms with Gasteiger partial charge >= 0.3 is 10.2 Å². The molecule has 1 saturated carbocycles. The average molecular weight is 630 g/mol. The van der Waals surface area contributed by atoms with Crippen LogP contribution in [0.2, 0.25) is 0 Å². The van der Waals surface area contributed by atoms with Crippen LogP contribution in [0.5, 0.6) is 0 Å². The van der Waals surface area contributed by atoms with Gasteiger partial charge in [0, 0.05) is 42.9 Å². The summed E-state index contributed by atoms with van der Waals surface area (Å²) in [6, 6.07) is -3.07. The highest BCUT2D eigenvalue weighted by Crippen LogP contribution is 3.02. The molecule has 2 aliphatic rings. The zero-order chi connectivity index (χ0) is 31.2. The molecular formula is C25H24F9N5O2S. The van der Waals surface area contributed by atoms with Crippen molar-refractivity contribution in [3.05, 3.63) is 54.1 Å². The molecule has 1 aliphatic carbocycles. The van der Waals surface area contributed by atoms with Crippen LogP contribution in [0.1, 0.15) is 43.7 Å². The van der Waals surface area contributed by atoms with Crippen LogP contribution in [0.3, 0.4) is 0 Å². The van der Waals surface area contributed by atoms with Crippen LogP contribution in [-0.2, 0) is 9.59 Å². The Morgan fingerprint density at radius 3 is 2.24 bits per heavy atom. The Hall–Kier alpha value is -3.68. The molecule has 0 bridgehead atoms. The van der Waals surface area contributed by atoms with Gasteiger partial charge in [-0.15, -0.1) is 0 Å². The van der Waals surface area contributed by atoms with Crippen LogP contribution in [0.25, 0.3) is 0 Å². The van der Waals surface area contributed by atoms with Crippen molar-refractivity contribution in [1.29, 1.82) is 5.26 Å². The second-order valence-corrected chi connectivity index (χ2v) is 12.6. The fourth-order valence-electron chi connectivity index (χ4n) is 5.02. The number of nitrogens with one attached hydrogen (secondary N) is 1. The minimum atomic E-state index is -10.2. The predicted molar refractivity (Wildman–Crippen MR) is 133 cm³/mol. The van der Waals surface area contributed by atoms with Crippen molar-refractivity contribution in [2.75, 3.05) is 11.4 Å². The Morgan fingerprint density at radius 1 is 1.07 bits per heavy atom. The van der Waals surface area contributed by atoms with Crippen LogP contribution in [0.15, 0.2) is 47.6 Å². The maximum absolute atomic E-state index is 14.9. The molecule has 0 radical (unpaired) electrons. The fraction of sp³-hybridized carbons (Fsp3) is 0.440. The summed E-state index contributed by atoms with van der Waals surface area (Å²) in [5.74, 6) is -6.41. The van der Waals surface area contributed by atoms with Gasteiger partial charge in [-0.2, -0.15) is 5.26 Å². The first-order valence-corrected chi connectivity index (χ1v) is 14.5. The molecule has 1 saturated heterocycles. The van der Waals surface area contributed by atoms with E-state index in [0.717, 1.165) is 23.4 Å². The van der Waals surface area contributed by atoms with E-state index in [1.54, 1.807) is 6.19 Å². The molecule has 1 N–H and O–H groups in total. The van der Waals surface area contributed by atoms with E-state index in [0.29, 0.717) is 17.0 Å². The number of anilines is 1. The van der Waals surface area contributed by atoms with Crippen molar-refractivity contribution in [3.63, 3.8) is 0 Å². The molecule has 1 aliphatic heterocycles. The number of rotatable bonds is 7. The Morgan fingerprint density at radius 2 is 1.69 bits per heavy atom. The van der Waals surface area contributed by atoms with Crippen molar-refractivity contribution in [1.82, 2.24) is 15.2 Å². The number of carbonyl (C=O) groups excluding carboxylic acids is 2. The first kappa shape index (κ1) is 31.3. The minimum Gasteiger partial charge on any atom is -0.351 e. The summed E-state index contributed by atoms with van der Waals surface area (Å²) >= 11 is 0. The second-order valence-electron chi connectivity index (χ2n) is 10.2. The number of hydrogen-bond donors (Lipinski definition) is 1. The molecule has 17 heteroatoms. The quantitative estimate of drug-likeness (QED) is 0.278. The summed E-state index contributed by atoms with van der Waals surface area (Å²) in [6.07, 6.45) is -0.494. The van der Waals surface area contributed by atoms with E-state index < -0.39 is 81.5 Å². The maximum Gasteiger partial charge on any atom is 0.310 e. The molecule has 0 spiro atoms. The van der Waals surface area contributed by atoms with Crippen molar-refractivity contribution < 1.29 is 46.6 Å². The van der Waals surface area contributed by atoms with E-state index in [4.69, 9.17) is 0 Å². The van der Waals surface area contributed by atoms with E-state index in [1.807, 2.05) is 0 Å². The van der Waals surface area contributed by atoms with Gasteiger partial charge in [0.15, 0.2) is 6.19 Å². The van der Waals surface area contributed by atoms with Gasteiger partial charge in [0.1, 0.15) is 29.0 Å². The Balaban J connectivity index is 1.83. The Labute approximate surface area is 234 Å². The number of nitrogens with zero attached hydrogens (tertiary/aromatic N) is 4. The highest BCUT2D eigenvalue weighted by Gasteiger charge is 2.65. The van der Waals surface area contributed by atoms with Crippen LogP contribution in [0, 0.1) is 17.3 Å². The Bertz CT molecular complexity index is 1390. The number of aromatic nitrogens is 1. The van der Waals surface area contributed by atoms with Gasteiger partial charge in [0.25, 0.3) is 5.91 Å². The topological polar surface area (TPSA) is 89.3 Å². The lowest BCUT2D eigenvalue weighted by Crippen LogP contribution is -2.53. The fourth-order valence-corrected chi connectivity index (χ4v) is 5.68. The first-order valence-electron chi connectivity index (χ1n) is 12.6. The predicted octanol–water partition coefficient (Wildman–Crippen LogP) is 6.54. The highest BCUT2D eigenvalue weighted by molar-refractivity contribution is 8.45. The minimum absolute atomic E-state index is 0.0250. The molecule has 1 aromatic carbocycles. The van der Waals surface area contributed by atoms with Gasteiger partial charge in [-0.1, -0.05) is 19.4 Å². The molecule has 42 heavy (non-hydrogen) atoms. The van der Waals surface area contributed by atoms with Gasteiger partial charge in [-0.05, 0) is 49.6 Å². The average Bonchev–Trinajstić information content (AvgIpc) is 3.27. The van der Waals surface area contributed by atoms with E-state index in [2.05, 4.69) is 10.3 Å². The van der Waals surface area contributed by atoms with Crippen molar-refractivity contribution in [2.24, 2.45) is 0 Å². The van der Waals surface area contributed by atoms with Crippen LogP contribution in [-0.4, -0.2) is 52.4 Å². The summed E-state index contributed by atoms with van der Waals surface area (Å²) in [7, 11) is -10.2. The standard InChI is InChI=1S/C25H24F9N5O2S/c26-16-11-15(12-36-13-16)21(23(40)37-17-5-8-25(28,29)9-6-17)39(24(41)22-20(27)7-10-38(22)14-35)18-1-3-19(4-2-18)42(30,31,32,33)34/h1-4,11-13,17,20-22H,5-10H2,(H,37,40). The molecule has 2 amide bonds. The number of alkyl halides is 3. The maximum atomic E-state index is 14.9. The summed E-state index contributed by atoms with van der Waals surface area (Å²) in [6.45, 7) is -0.222. The zero-order valence-electron chi connectivity index (χ0n) is 21.5. The molecule has 2 heterocycles. The SMILES string of the molecule is N#CN1CCC(F)C1C(=O)N(c1ccc(S(F)(F)(F)(F)F)cc1)C(C(=O)NC1CCC(F)(F)CC1)c1cncc(F)c1. The number of pyridine rings is 1. The highest BCUT2D eigenvalue weighted by atomic mass is 32.5. The lowest BCUT2D eigenvalue weighted by molar-refractivity contribution is -0.129. The number of carbonyl (C=O) groups is 2. The normalized spacial score (nSPS) is 23.3. The molecule has 2 fully saturated rings. The van der Waals surface area contributed by atoms with Gasteiger partial charge in [0.05, 0.1) is 6.20 Å². The number of halogens is 9. The van der Waals surface area contributed by atoms with E-state index in [1.165, 1.54) is 0 Å². The van der Waals surface area contributed by atoms with Gasteiger partial charge in [-0.25, -0.2) is 17.6 Å². The lowest BCUT2D eigenvalue weighted by atomic mass is 9.91. The summed E-state index contributed by atoms with van der Waals surface area (Å²) < 4.78 is 124. The van der Waals surface area contributed by atoms with E-state index in [-0.39, 0.29) is 43.5 Å². The van der Waals surface area contributed by atoms with Crippen molar-refractivity contribution >= 4 is 27.7 Å². The van der Waals surface area contributed by atoms with E-state index in [9.17, 15) is 51.8 Å². The lowest BCUT2D eigenvalue weighted by Gasteiger charge is -2.41. The Kier molecular flexibility index (Phi) is 7.63. The van der Waals surface area contributed by atoms with Gasteiger partial charge in [-0.3, -0.25) is 24.4 Å². The van der Waals surface area contributed by atoms with Crippen molar-refractivity contribution in [3.8, 4) is 6.19 Å². The second kappa shape index (κ2) is 10.2. The number of nitriles is 1. The third-order valence-corrected chi connectivity index (χ3v) is 8.28. The largest absolute Gasteiger partial charge is 0.351 e. The number of amides is 2.